The molecule has 0 aliphatic carbocycles. The molecule has 1 aliphatic heterocycles. The summed E-state index contributed by atoms with van der Waals surface area (Å²) in [5, 5.41) is 14.2. The van der Waals surface area contributed by atoms with Crippen molar-refractivity contribution in [1.82, 2.24) is 10.6 Å². The minimum absolute atomic E-state index is 0.211. The standard InChI is InChI=1S/C17H31N3O5/c1-11(2)10-12(20-16(22)13-14(25-13)17(23)24)15(21)19-9-7-5-3-4-6-8-18/h11-14H,3-10,18H2,1-2H3,(H,19,21)(H,20,22)(H,23,24)/t12-,13-,14-/m0/s1. The number of ether oxygens (including phenoxy) is 1. The van der Waals surface area contributed by atoms with Crippen molar-refractivity contribution in [2.75, 3.05) is 13.1 Å². The number of nitrogens with two attached hydrogens (primary N) is 1. The van der Waals surface area contributed by atoms with E-state index < -0.39 is 30.1 Å². The highest BCUT2D eigenvalue weighted by Gasteiger charge is 2.51. The van der Waals surface area contributed by atoms with E-state index in [1.54, 1.807) is 0 Å². The highest BCUT2D eigenvalue weighted by atomic mass is 16.6. The number of hydrogen-bond acceptors (Lipinski definition) is 5. The summed E-state index contributed by atoms with van der Waals surface area (Å²) < 4.78 is 4.82. The molecule has 0 bridgehead atoms. The van der Waals surface area contributed by atoms with Crippen LogP contribution in [0.2, 0.25) is 0 Å². The highest BCUT2D eigenvalue weighted by molar-refractivity contribution is 5.95. The quantitative estimate of drug-likeness (QED) is 0.278. The zero-order chi connectivity index (χ0) is 18.8. The van der Waals surface area contributed by atoms with Crippen molar-refractivity contribution in [2.45, 2.75) is 70.6 Å². The lowest BCUT2D eigenvalue weighted by molar-refractivity contribution is -0.138. The van der Waals surface area contributed by atoms with Crippen LogP contribution >= 0.6 is 0 Å². The molecular formula is C17H31N3O5. The van der Waals surface area contributed by atoms with E-state index >= 15 is 0 Å². The molecule has 3 atom stereocenters. The number of carboxylic acid groups (broad SMARTS) is 1. The normalized spacial score (nSPS) is 20.2. The predicted octanol–water partition coefficient (Wildman–Crippen LogP) is 0.395. The first kappa shape index (κ1) is 21.4. The van der Waals surface area contributed by atoms with Crippen LogP contribution in [-0.4, -0.2) is 54.2 Å². The number of carbonyl (C=O) groups is 3. The Morgan fingerprint density at radius 3 is 2.28 bits per heavy atom. The van der Waals surface area contributed by atoms with E-state index in [4.69, 9.17) is 15.6 Å². The van der Waals surface area contributed by atoms with E-state index in [0.717, 1.165) is 32.1 Å². The molecule has 0 saturated carbocycles. The van der Waals surface area contributed by atoms with Crippen molar-refractivity contribution in [3.63, 3.8) is 0 Å². The lowest BCUT2D eigenvalue weighted by Crippen LogP contribution is -2.49. The topological polar surface area (TPSA) is 134 Å². The number of aliphatic carboxylic acids is 1. The van der Waals surface area contributed by atoms with Crippen molar-refractivity contribution in [3.05, 3.63) is 0 Å². The van der Waals surface area contributed by atoms with Gasteiger partial charge in [0.15, 0.2) is 12.2 Å². The smallest absolute Gasteiger partial charge is 0.336 e. The van der Waals surface area contributed by atoms with Gasteiger partial charge in [-0.1, -0.05) is 33.1 Å². The van der Waals surface area contributed by atoms with E-state index in [2.05, 4.69) is 10.6 Å². The van der Waals surface area contributed by atoms with Gasteiger partial charge in [0.2, 0.25) is 5.91 Å². The van der Waals surface area contributed by atoms with Crippen molar-refractivity contribution in [3.8, 4) is 0 Å². The van der Waals surface area contributed by atoms with E-state index in [0.29, 0.717) is 19.5 Å². The Balaban J connectivity index is 2.34. The Morgan fingerprint density at radius 2 is 1.72 bits per heavy atom. The molecule has 0 aromatic carbocycles. The minimum Gasteiger partial charge on any atom is -0.479 e. The minimum atomic E-state index is -1.17. The fourth-order valence-corrected chi connectivity index (χ4v) is 2.59. The van der Waals surface area contributed by atoms with Gasteiger partial charge >= 0.3 is 5.97 Å². The summed E-state index contributed by atoms with van der Waals surface area (Å²) in [5.41, 5.74) is 5.44. The molecule has 0 aromatic rings. The summed E-state index contributed by atoms with van der Waals surface area (Å²) in [6, 6.07) is -0.677. The Kier molecular flexibility index (Phi) is 9.44. The van der Waals surface area contributed by atoms with Gasteiger partial charge in [0, 0.05) is 6.54 Å². The van der Waals surface area contributed by atoms with Crippen LogP contribution in [0.15, 0.2) is 0 Å². The number of carboxylic acids is 1. The second-order valence-corrected chi connectivity index (χ2v) is 6.85. The third kappa shape index (κ3) is 8.31. The number of hydrogen-bond donors (Lipinski definition) is 4. The van der Waals surface area contributed by atoms with E-state index in [1.165, 1.54) is 0 Å². The third-order valence-corrected chi connectivity index (χ3v) is 4.01. The molecule has 0 spiro atoms. The summed E-state index contributed by atoms with van der Waals surface area (Å²) in [6.07, 6.45) is 3.51. The van der Waals surface area contributed by atoms with Crippen molar-refractivity contribution < 1.29 is 24.2 Å². The number of epoxide rings is 1. The lowest BCUT2D eigenvalue weighted by atomic mass is 10.0. The van der Waals surface area contributed by atoms with Gasteiger partial charge < -0.3 is 26.2 Å². The maximum Gasteiger partial charge on any atom is 0.336 e. The molecule has 25 heavy (non-hydrogen) atoms. The van der Waals surface area contributed by atoms with Crippen LogP contribution in [0.5, 0.6) is 0 Å². The van der Waals surface area contributed by atoms with E-state index in [-0.39, 0.29) is 11.8 Å². The molecule has 1 heterocycles. The monoisotopic (exact) mass is 357 g/mol. The molecule has 8 heteroatoms. The number of nitrogens with one attached hydrogen (secondary N) is 2. The Labute approximate surface area is 148 Å². The summed E-state index contributed by atoms with van der Waals surface area (Å²) in [5.74, 6) is -1.74. The van der Waals surface area contributed by atoms with E-state index in [1.807, 2.05) is 13.8 Å². The zero-order valence-electron chi connectivity index (χ0n) is 15.1. The second kappa shape index (κ2) is 11.0. The molecule has 5 N–H and O–H groups in total. The molecule has 1 rings (SSSR count). The molecule has 8 nitrogen and oxygen atoms in total. The van der Waals surface area contributed by atoms with Gasteiger partial charge in [-0.2, -0.15) is 0 Å². The average Bonchev–Trinajstić information content (AvgIpc) is 3.33. The number of amides is 2. The SMILES string of the molecule is CC(C)C[C@H](NC(=O)[C@H]1O[C@@H]1C(=O)O)C(=O)NCCCCCCCN. The number of carbonyl (C=O) groups excluding carboxylic acids is 2. The van der Waals surface area contributed by atoms with Crippen LogP contribution < -0.4 is 16.4 Å². The van der Waals surface area contributed by atoms with Gasteiger partial charge in [0.05, 0.1) is 0 Å². The maximum absolute atomic E-state index is 12.3. The zero-order valence-corrected chi connectivity index (χ0v) is 15.1. The Morgan fingerprint density at radius 1 is 1.08 bits per heavy atom. The average molecular weight is 357 g/mol. The van der Waals surface area contributed by atoms with Gasteiger partial charge in [-0.15, -0.1) is 0 Å². The fraction of sp³-hybridized carbons (Fsp3) is 0.824. The van der Waals surface area contributed by atoms with Gasteiger partial charge in [-0.3, -0.25) is 9.59 Å². The summed E-state index contributed by atoms with van der Waals surface area (Å²) in [6.45, 7) is 5.18. The molecule has 1 fully saturated rings. The number of rotatable bonds is 13. The van der Waals surface area contributed by atoms with Gasteiger partial charge in [-0.25, -0.2) is 4.79 Å². The highest BCUT2D eigenvalue weighted by Crippen LogP contribution is 2.22. The first-order valence-corrected chi connectivity index (χ1v) is 9.03. The van der Waals surface area contributed by atoms with Crippen molar-refractivity contribution >= 4 is 17.8 Å². The van der Waals surface area contributed by atoms with Crippen molar-refractivity contribution in [2.24, 2.45) is 11.7 Å². The summed E-state index contributed by atoms with van der Waals surface area (Å²) in [4.78, 5) is 35.1. The predicted molar refractivity (Wildman–Crippen MR) is 92.8 cm³/mol. The van der Waals surface area contributed by atoms with Crippen molar-refractivity contribution in [1.29, 1.82) is 0 Å². The van der Waals surface area contributed by atoms with E-state index in [9.17, 15) is 14.4 Å². The second-order valence-electron chi connectivity index (χ2n) is 6.85. The molecule has 0 unspecified atom stereocenters. The van der Waals surface area contributed by atoms with Gasteiger partial charge in [-0.05, 0) is 31.7 Å². The summed E-state index contributed by atoms with van der Waals surface area (Å²) in [7, 11) is 0. The molecule has 1 aliphatic rings. The maximum atomic E-state index is 12.3. The van der Waals surface area contributed by atoms with Crippen LogP contribution in [-0.2, 0) is 19.1 Å². The fourth-order valence-electron chi connectivity index (χ4n) is 2.59. The molecular weight excluding hydrogens is 326 g/mol. The first-order chi connectivity index (χ1) is 11.9. The van der Waals surface area contributed by atoms with Gasteiger partial charge in [0.1, 0.15) is 6.04 Å². The van der Waals surface area contributed by atoms with Crippen LogP contribution in [0, 0.1) is 5.92 Å². The molecule has 1 saturated heterocycles. The molecule has 0 radical (unpaired) electrons. The lowest BCUT2D eigenvalue weighted by Gasteiger charge is -2.19. The Bertz CT molecular complexity index is 456. The first-order valence-electron chi connectivity index (χ1n) is 9.03. The van der Waals surface area contributed by atoms with Crippen LogP contribution in [0.3, 0.4) is 0 Å². The largest absolute Gasteiger partial charge is 0.479 e. The van der Waals surface area contributed by atoms with Crippen LogP contribution in [0.25, 0.3) is 0 Å². The number of unbranched alkanes of at least 4 members (excludes halogenated alkanes) is 4. The molecule has 144 valence electrons. The summed E-state index contributed by atoms with van der Waals surface area (Å²) >= 11 is 0. The van der Waals surface area contributed by atoms with Crippen LogP contribution in [0.4, 0.5) is 0 Å². The molecule has 2 amide bonds. The van der Waals surface area contributed by atoms with Gasteiger partial charge in [0.25, 0.3) is 5.91 Å². The third-order valence-electron chi connectivity index (χ3n) is 4.01. The molecule has 0 aromatic heterocycles. The van der Waals surface area contributed by atoms with Crippen LogP contribution in [0.1, 0.15) is 52.4 Å². The Hall–Kier alpha value is -1.67.